The molecule has 1 heterocycles. The van der Waals surface area contributed by atoms with E-state index in [9.17, 15) is 24.6 Å². The number of Topliss-reactive ketones (excluding diaryl/α,β-unsaturated/α-hetero) is 1. The Labute approximate surface area is 162 Å². The Bertz CT molecular complexity index is 809. The van der Waals surface area contributed by atoms with Crippen LogP contribution in [0.25, 0.3) is 6.08 Å². The van der Waals surface area contributed by atoms with Gasteiger partial charge in [-0.15, -0.1) is 0 Å². The smallest absolute Gasteiger partial charge is 0.331 e. The maximum absolute atomic E-state index is 12.5. The number of ether oxygens (including phenoxy) is 2. The first-order valence-corrected chi connectivity index (χ1v) is 9.12. The maximum atomic E-state index is 12.5. The Morgan fingerprint density at radius 3 is 2.68 bits per heavy atom. The summed E-state index contributed by atoms with van der Waals surface area (Å²) in [6.45, 7) is 1.50. The predicted molar refractivity (Wildman–Crippen MR) is 98.9 cm³/mol. The molecule has 2 N–H and O–H groups in total. The molecule has 0 amide bonds. The fraction of sp³-hybridized carbons (Fsp3) is 0.381. The van der Waals surface area contributed by atoms with Gasteiger partial charge in [0.25, 0.3) is 0 Å². The molecule has 1 aliphatic carbocycles. The number of hydrogen-bond acceptors (Lipinski definition) is 7. The lowest BCUT2D eigenvalue weighted by atomic mass is 10.0. The van der Waals surface area contributed by atoms with Crippen LogP contribution in [0, 0.1) is 11.8 Å². The number of phenolic OH excluding ortho intramolecular Hbond substituents is 1. The zero-order valence-corrected chi connectivity index (χ0v) is 15.4. The van der Waals surface area contributed by atoms with Crippen LogP contribution in [0.3, 0.4) is 0 Å². The summed E-state index contributed by atoms with van der Waals surface area (Å²) in [5.74, 6) is -2.00. The zero-order valence-electron chi connectivity index (χ0n) is 15.4. The highest BCUT2D eigenvalue weighted by atomic mass is 16.6. The van der Waals surface area contributed by atoms with E-state index in [-0.39, 0.29) is 17.5 Å². The van der Waals surface area contributed by atoms with Crippen molar-refractivity contribution < 1.29 is 34.1 Å². The molecule has 1 aromatic carbocycles. The molecule has 1 aromatic rings. The van der Waals surface area contributed by atoms with Gasteiger partial charge in [-0.2, -0.15) is 0 Å². The van der Waals surface area contributed by atoms with Crippen LogP contribution in [-0.4, -0.2) is 46.2 Å². The number of esters is 2. The maximum Gasteiger partial charge on any atom is 0.331 e. The van der Waals surface area contributed by atoms with E-state index in [0.29, 0.717) is 18.4 Å². The molecule has 2 aliphatic rings. The van der Waals surface area contributed by atoms with Crippen LogP contribution < -0.4 is 0 Å². The second-order valence-corrected chi connectivity index (χ2v) is 7.02. The molecular formula is C21H22O7. The van der Waals surface area contributed by atoms with Crippen LogP contribution >= 0.6 is 0 Å². The van der Waals surface area contributed by atoms with E-state index >= 15 is 0 Å². The van der Waals surface area contributed by atoms with Gasteiger partial charge in [0.1, 0.15) is 11.9 Å². The molecule has 7 nitrogen and oxygen atoms in total. The van der Waals surface area contributed by atoms with Crippen molar-refractivity contribution in [1.29, 1.82) is 0 Å². The van der Waals surface area contributed by atoms with E-state index in [2.05, 4.69) is 0 Å². The number of hydrogen-bond donors (Lipinski definition) is 2. The van der Waals surface area contributed by atoms with Gasteiger partial charge in [0, 0.05) is 24.5 Å². The largest absolute Gasteiger partial charge is 0.508 e. The molecule has 0 saturated heterocycles. The summed E-state index contributed by atoms with van der Waals surface area (Å²) in [6.07, 6.45) is 4.08. The van der Waals surface area contributed by atoms with Crippen molar-refractivity contribution in [2.24, 2.45) is 11.8 Å². The lowest BCUT2D eigenvalue weighted by Gasteiger charge is -2.24. The third-order valence-electron chi connectivity index (χ3n) is 4.91. The first-order chi connectivity index (χ1) is 13.3. The van der Waals surface area contributed by atoms with Gasteiger partial charge in [0.05, 0.1) is 6.10 Å². The minimum Gasteiger partial charge on any atom is -0.508 e. The van der Waals surface area contributed by atoms with E-state index in [4.69, 9.17) is 9.47 Å². The molecule has 1 aliphatic heterocycles. The molecule has 0 radical (unpaired) electrons. The van der Waals surface area contributed by atoms with Gasteiger partial charge in [-0.3, -0.25) is 4.79 Å². The zero-order chi connectivity index (χ0) is 20.3. The van der Waals surface area contributed by atoms with Crippen LogP contribution in [0.1, 0.15) is 25.3 Å². The Hall–Kier alpha value is -2.93. The number of rotatable bonds is 7. The van der Waals surface area contributed by atoms with Crippen LogP contribution in [0.15, 0.2) is 42.5 Å². The first kappa shape index (κ1) is 19.8. The van der Waals surface area contributed by atoms with Crippen molar-refractivity contribution in [2.75, 3.05) is 0 Å². The second kappa shape index (κ2) is 8.39. The van der Waals surface area contributed by atoms with Gasteiger partial charge >= 0.3 is 11.9 Å². The molecule has 0 unspecified atom stereocenters. The van der Waals surface area contributed by atoms with Crippen molar-refractivity contribution in [3.8, 4) is 5.75 Å². The Kier molecular flexibility index (Phi) is 5.94. The minimum atomic E-state index is -0.937. The highest BCUT2D eigenvalue weighted by Crippen LogP contribution is 2.44. The number of aliphatic hydroxyl groups is 1. The van der Waals surface area contributed by atoms with Gasteiger partial charge in [-0.05, 0) is 43.0 Å². The number of carbonyl (C=O) groups excluding carboxylic acids is 3. The van der Waals surface area contributed by atoms with Gasteiger partial charge in [0.15, 0.2) is 11.9 Å². The molecule has 0 aromatic heterocycles. The third-order valence-corrected chi connectivity index (χ3v) is 4.91. The fourth-order valence-electron chi connectivity index (χ4n) is 3.26. The summed E-state index contributed by atoms with van der Waals surface area (Å²) in [4.78, 5) is 35.7. The molecule has 7 heteroatoms. The number of ketones is 1. The average Bonchev–Trinajstić information content (AvgIpc) is 3.47. The topological polar surface area (TPSA) is 110 Å². The summed E-state index contributed by atoms with van der Waals surface area (Å²) in [5, 5.41) is 19.6. The van der Waals surface area contributed by atoms with E-state index in [0.717, 1.165) is 0 Å². The highest BCUT2D eigenvalue weighted by Gasteiger charge is 2.51. The van der Waals surface area contributed by atoms with E-state index < -0.39 is 36.2 Å². The lowest BCUT2D eigenvalue weighted by molar-refractivity contribution is -0.152. The Morgan fingerprint density at radius 1 is 1.29 bits per heavy atom. The summed E-state index contributed by atoms with van der Waals surface area (Å²) >= 11 is 0. The number of carbonyl (C=O) groups is 3. The third kappa shape index (κ3) is 4.86. The van der Waals surface area contributed by atoms with Crippen LogP contribution in [-0.2, 0) is 23.9 Å². The average molecular weight is 386 g/mol. The van der Waals surface area contributed by atoms with Gasteiger partial charge < -0.3 is 19.7 Å². The Morgan fingerprint density at radius 2 is 2.00 bits per heavy atom. The molecule has 1 fully saturated rings. The standard InChI is InChI=1S/C21H22O7/c1-12(27-19(24)10-7-13-5-8-14(22)9-6-13)20(25)15-11-16(15)21(26)17-3-2-4-18(23)28-17/h2,4-10,12,15-17,21-22,26H,3,11H2,1H3/b10-7+/t12-,15+,16+,17-,21+/m1/s1. The summed E-state index contributed by atoms with van der Waals surface area (Å²) in [6, 6.07) is 6.26. The second-order valence-electron chi connectivity index (χ2n) is 7.02. The molecule has 3 rings (SSSR count). The van der Waals surface area contributed by atoms with E-state index in [1.165, 1.54) is 37.3 Å². The van der Waals surface area contributed by atoms with Gasteiger partial charge in [-0.1, -0.05) is 18.2 Å². The molecule has 0 spiro atoms. The van der Waals surface area contributed by atoms with E-state index in [1.54, 1.807) is 18.2 Å². The molecule has 0 bridgehead atoms. The number of phenols is 1. The summed E-state index contributed by atoms with van der Waals surface area (Å²) in [5.41, 5.74) is 0.704. The van der Waals surface area contributed by atoms with Gasteiger partial charge in [-0.25, -0.2) is 9.59 Å². The molecule has 28 heavy (non-hydrogen) atoms. The van der Waals surface area contributed by atoms with Crippen molar-refractivity contribution in [3.05, 3.63) is 48.1 Å². The molecular weight excluding hydrogens is 364 g/mol. The summed E-state index contributed by atoms with van der Waals surface area (Å²) in [7, 11) is 0. The quantitative estimate of drug-likeness (QED) is 0.543. The molecule has 148 valence electrons. The number of aliphatic hydroxyl groups excluding tert-OH is 1. The molecule has 5 atom stereocenters. The van der Waals surface area contributed by atoms with Crippen molar-refractivity contribution in [2.45, 2.75) is 38.1 Å². The predicted octanol–water partition coefficient (Wildman–Crippen LogP) is 1.77. The van der Waals surface area contributed by atoms with Crippen LogP contribution in [0.4, 0.5) is 0 Å². The number of cyclic esters (lactones) is 1. The van der Waals surface area contributed by atoms with Gasteiger partial charge in [0.2, 0.25) is 0 Å². The van der Waals surface area contributed by atoms with Crippen molar-refractivity contribution in [3.63, 3.8) is 0 Å². The Balaban J connectivity index is 1.48. The highest BCUT2D eigenvalue weighted by molar-refractivity contribution is 5.93. The van der Waals surface area contributed by atoms with Crippen molar-refractivity contribution >= 4 is 23.8 Å². The lowest BCUT2D eigenvalue weighted by Crippen LogP contribution is -2.35. The number of aromatic hydroxyl groups is 1. The monoisotopic (exact) mass is 386 g/mol. The van der Waals surface area contributed by atoms with Crippen LogP contribution in [0.2, 0.25) is 0 Å². The summed E-state index contributed by atoms with van der Waals surface area (Å²) < 4.78 is 10.2. The van der Waals surface area contributed by atoms with E-state index in [1.807, 2.05) is 0 Å². The van der Waals surface area contributed by atoms with Crippen molar-refractivity contribution in [1.82, 2.24) is 0 Å². The fourth-order valence-corrected chi connectivity index (χ4v) is 3.26. The van der Waals surface area contributed by atoms with Crippen LogP contribution in [0.5, 0.6) is 5.75 Å². The molecule has 1 saturated carbocycles. The number of benzene rings is 1. The minimum absolute atomic E-state index is 0.124. The SMILES string of the molecule is C[C@@H](OC(=O)/C=C/c1ccc(O)cc1)C(=O)[C@H]1C[C@@H]1[C@H](O)[C@H]1CC=CC(=O)O1. The normalized spacial score (nSPS) is 25.8. The first-order valence-electron chi connectivity index (χ1n) is 9.12.